The molecule has 1 aromatic heterocycles. The number of para-hydroxylation sites is 1. The van der Waals surface area contributed by atoms with Gasteiger partial charge in [-0.15, -0.1) is 0 Å². The lowest BCUT2D eigenvalue weighted by Gasteiger charge is -2.13. The van der Waals surface area contributed by atoms with E-state index in [2.05, 4.69) is 10.3 Å². The van der Waals surface area contributed by atoms with E-state index in [4.69, 9.17) is 10.9 Å². The smallest absolute Gasteiger partial charge is 0.243 e. The van der Waals surface area contributed by atoms with Crippen molar-refractivity contribution in [3.8, 4) is 0 Å². The van der Waals surface area contributed by atoms with Gasteiger partial charge in [-0.25, -0.2) is 5.48 Å². The number of nitrogens with one attached hydrogen (secondary N) is 2. The molecule has 2 aromatic rings. The highest BCUT2D eigenvalue weighted by Crippen LogP contribution is 2.20. The van der Waals surface area contributed by atoms with Crippen LogP contribution in [0.2, 0.25) is 0 Å². The molecule has 24 heavy (non-hydrogen) atoms. The highest BCUT2D eigenvalue weighted by atomic mass is 16.5. The molecule has 2 amide bonds. The minimum atomic E-state index is -0.615. The van der Waals surface area contributed by atoms with Gasteiger partial charge in [-0.2, -0.15) is 0 Å². The molecule has 7 heteroatoms. The van der Waals surface area contributed by atoms with Gasteiger partial charge in [-0.05, 0) is 25.0 Å². The highest BCUT2D eigenvalue weighted by molar-refractivity contribution is 6.02. The van der Waals surface area contributed by atoms with Crippen LogP contribution in [0.15, 0.2) is 36.5 Å². The summed E-state index contributed by atoms with van der Waals surface area (Å²) in [6, 6.07) is 8.75. The first-order chi connectivity index (χ1) is 11.6. The molecule has 5 N–H and O–H groups in total. The average molecular weight is 330 g/mol. The van der Waals surface area contributed by atoms with Gasteiger partial charge < -0.3 is 11.1 Å². The number of nitrogens with zero attached hydrogens (tertiary/aromatic N) is 1. The predicted octanol–water partition coefficient (Wildman–Crippen LogP) is 1.96. The summed E-state index contributed by atoms with van der Waals surface area (Å²) in [7, 11) is 0. The molecule has 2 rings (SSSR count). The van der Waals surface area contributed by atoms with Crippen molar-refractivity contribution in [2.75, 3.05) is 5.32 Å². The molecule has 1 unspecified atom stereocenters. The van der Waals surface area contributed by atoms with Crippen LogP contribution < -0.4 is 16.5 Å². The van der Waals surface area contributed by atoms with Gasteiger partial charge in [-0.3, -0.25) is 19.8 Å². The molecule has 1 heterocycles. The number of nitrogens with two attached hydrogens (primary N) is 1. The first kappa shape index (κ1) is 17.8. The number of hydroxylamine groups is 1. The third kappa shape index (κ3) is 5.00. The Balaban J connectivity index is 1.82. The number of hydrogen-bond acceptors (Lipinski definition) is 5. The SMILES string of the molecule is NC(CCCCCC(=O)NO)C(=O)Nc1cccc2cccnc12. The van der Waals surface area contributed by atoms with Crippen molar-refractivity contribution in [3.05, 3.63) is 36.5 Å². The van der Waals surface area contributed by atoms with Crippen LogP contribution in [-0.2, 0) is 9.59 Å². The van der Waals surface area contributed by atoms with E-state index in [-0.39, 0.29) is 12.3 Å². The van der Waals surface area contributed by atoms with Crippen molar-refractivity contribution in [2.24, 2.45) is 5.73 Å². The van der Waals surface area contributed by atoms with E-state index in [9.17, 15) is 9.59 Å². The molecular formula is C17H22N4O3. The van der Waals surface area contributed by atoms with Crippen LogP contribution in [0, 0.1) is 0 Å². The molecular weight excluding hydrogens is 308 g/mol. The van der Waals surface area contributed by atoms with Crippen molar-refractivity contribution in [1.29, 1.82) is 0 Å². The molecule has 0 spiro atoms. The van der Waals surface area contributed by atoms with E-state index in [0.717, 1.165) is 23.7 Å². The number of hydrogen-bond donors (Lipinski definition) is 4. The first-order valence-corrected chi connectivity index (χ1v) is 7.95. The number of amides is 2. The molecule has 0 aliphatic rings. The summed E-state index contributed by atoms with van der Waals surface area (Å²) in [5, 5.41) is 12.2. The number of rotatable bonds is 8. The largest absolute Gasteiger partial charge is 0.323 e. The number of aromatic nitrogens is 1. The maximum atomic E-state index is 12.2. The normalized spacial score (nSPS) is 11.9. The number of fused-ring (bicyclic) bond motifs is 1. The van der Waals surface area contributed by atoms with Gasteiger partial charge in [0.1, 0.15) is 0 Å². The number of anilines is 1. The molecule has 0 saturated heterocycles. The third-order valence-electron chi connectivity index (χ3n) is 3.77. The Bertz CT molecular complexity index is 700. The zero-order valence-corrected chi connectivity index (χ0v) is 13.4. The van der Waals surface area contributed by atoms with E-state index in [0.29, 0.717) is 18.5 Å². The molecule has 0 fully saturated rings. The van der Waals surface area contributed by atoms with E-state index >= 15 is 0 Å². The Kier molecular flexibility index (Phi) is 6.65. The van der Waals surface area contributed by atoms with Crippen LogP contribution in [0.3, 0.4) is 0 Å². The van der Waals surface area contributed by atoms with E-state index in [1.54, 1.807) is 17.7 Å². The van der Waals surface area contributed by atoms with Crippen molar-refractivity contribution < 1.29 is 14.8 Å². The molecule has 0 aliphatic heterocycles. The van der Waals surface area contributed by atoms with Gasteiger partial charge >= 0.3 is 0 Å². The molecule has 0 saturated carbocycles. The van der Waals surface area contributed by atoms with Crippen LogP contribution in [-0.4, -0.2) is 28.0 Å². The summed E-state index contributed by atoms with van der Waals surface area (Å²) >= 11 is 0. The quantitative estimate of drug-likeness (QED) is 0.335. The Morgan fingerprint density at radius 2 is 1.96 bits per heavy atom. The summed E-state index contributed by atoms with van der Waals surface area (Å²) in [5.41, 5.74) is 8.90. The zero-order valence-electron chi connectivity index (χ0n) is 13.4. The molecule has 0 aliphatic carbocycles. The Morgan fingerprint density at radius 1 is 1.17 bits per heavy atom. The fourth-order valence-electron chi connectivity index (χ4n) is 2.44. The summed E-state index contributed by atoms with van der Waals surface area (Å²) in [4.78, 5) is 27.4. The van der Waals surface area contributed by atoms with Gasteiger partial charge in [0.15, 0.2) is 0 Å². The van der Waals surface area contributed by atoms with Gasteiger partial charge in [0, 0.05) is 18.0 Å². The minimum Gasteiger partial charge on any atom is -0.323 e. The lowest BCUT2D eigenvalue weighted by molar-refractivity contribution is -0.129. The van der Waals surface area contributed by atoms with Gasteiger partial charge in [-0.1, -0.05) is 31.0 Å². The lowest BCUT2D eigenvalue weighted by atomic mass is 10.1. The second-order valence-corrected chi connectivity index (χ2v) is 5.61. The van der Waals surface area contributed by atoms with Gasteiger partial charge in [0.25, 0.3) is 0 Å². The van der Waals surface area contributed by atoms with Crippen molar-refractivity contribution in [1.82, 2.24) is 10.5 Å². The first-order valence-electron chi connectivity index (χ1n) is 7.95. The van der Waals surface area contributed by atoms with Crippen LogP contribution in [0.1, 0.15) is 32.1 Å². The fraction of sp³-hybridized carbons (Fsp3) is 0.353. The number of benzene rings is 1. The standard InChI is InChI=1S/C17H22N4O3/c18-13(8-2-1-3-10-15(22)21-24)17(23)20-14-9-4-6-12-7-5-11-19-16(12)14/h4-7,9,11,13,24H,1-3,8,10,18H2,(H,20,23)(H,21,22). The second-order valence-electron chi connectivity index (χ2n) is 5.61. The zero-order chi connectivity index (χ0) is 17.4. The monoisotopic (exact) mass is 330 g/mol. The van der Waals surface area contributed by atoms with Crippen molar-refractivity contribution >= 4 is 28.4 Å². The number of carbonyl (C=O) groups is 2. The molecule has 1 aromatic carbocycles. The molecule has 7 nitrogen and oxygen atoms in total. The summed E-state index contributed by atoms with van der Waals surface area (Å²) in [6.07, 6.45) is 4.63. The Labute approximate surface area is 140 Å². The lowest BCUT2D eigenvalue weighted by Crippen LogP contribution is -2.35. The van der Waals surface area contributed by atoms with E-state index in [1.807, 2.05) is 24.3 Å². The van der Waals surface area contributed by atoms with Crippen LogP contribution in [0.5, 0.6) is 0 Å². The van der Waals surface area contributed by atoms with Crippen LogP contribution in [0.25, 0.3) is 10.9 Å². The third-order valence-corrected chi connectivity index (χ3v) is 3.77. The Hall–Kier alpha value is -2.51. The Morgan fingerprint density at radius 3 is 2.75 bits per heavy atom. The molecule has 0 radical (unpaired) electrons. The maximum absolute atomic E-state index is 12.2. The summed E-state index contributed by atoms with van der Waals surface area (Å²) in [6.45, 7) is 0. The maximum Gasteiger partial charge on any atom is 0.243 e. The summed E-state index contributed by atoms with van der Waals surface area (Å²) < 4.78 is 0. The molecule has 1 atom stereocenters. The molecule has 0 bridgehead atoms. The van der Waals surface area contributed by atoms with E-state index in [1.165, 1.54) is 0 Å². The average Bonchev–Trinajstić information content (AvgIpc) is 2.61. The fourth-order valence-corrected chi connectivity index (χ4v) is 2.44. The topological polar surface area (TPSA) is 117 Å². The van der Waals surface area contributed by atoms with Crippen molar-refractivity contribution in [3.63, 3.8) is 0 Å². The molecule has 128 valence electrons. The summed E-state index contributed by atoms with van der Waals surface area (Å²) in [5.74, 6) is -0.651. The van der Waals surface area contributed by atoms with Gasteiger partial charge in [0.2, 0.25) is 11.8 Å². The second kappa shape index (κ2) is 8.95. The highest BCUT2D eigenvalue weighted by Gasteiger charge is 2.14. The predicted molar refractivity (Wildman–Crippen MR) is 91.4 cm³/mol. The number of pyridine rings is 1. The minimum absolute atomic E-state index is 0.249. The number of unbranched alkanes of at least 4 members (excludes halogenated alkanes) is 2. The van der Waals surface area contributed by atoms with Crippen molar-refractivity contribution in [2.45, 2.75) is 38.1 Å². The number of carbonyl (C=O) groups excluding carboxylic acids is 2. The van der Waals surface area contributed by atoms with Gasteiger partial charge in [0.05, 0.1) is 17.2 Å². The van der Waals surface area contributed by atoms with Crippen LogP contribution >= 0.6 is 0 Å². The van der Waals surface area contributed by atoms with Crippen LogP contribution in [0.4, 0.5) is 5.69 Å². The van der Waals surface area contributed by atoms with E-state index < -0.39 is 11.9 Å².